The minimum absolute atomic E-state index is 0.0144. The number of benzene rings is 7. The molecule has 52 heavy (non-hydrogen) atoms. The highest BCUT2D eigenvalue weighted by Gasteiger charge is 2.23. The maximum absolute atomic E-state index is 8.74. The molecule has 0 bridgehead atoms. The van der Waals surface area contributed by atoms with Crippen molar-refractivity contribution in [2.24, 2.45) is 0 Å². The predicted molar refractivity (Wildman–Crippen MR) is 212 cm³/mol. The van der Waals surface area contributed by atoms with Crippen LogP contribution >= 0.6 is 0 Å². The van der Waals surface area contributed by atoms with Crippen molar-refractivity contribution in [3.05, 3.63) is 175 Å². The van der Waals surface area contributed by atoms with E-state index >= 15 is 0 Å². The van der Waals surface area contributed by atoms with Crippen LogP contribution in [0.3, 0.4) is 0 Å². The number of aromatic nitrogens is 3. The second-order valence-electron chi connectivity index (χ2n) is 13.2. The molecule has 2 heterocycles. The van der Waals surface area contributed by atoms with Crippen LogP contribution in [-0.2, 0) is 0 Å². The first-order chi connectivity index (χ1) is 27.4. The van der Waals surface area contributed by atoms with Crippen LogP contribution in [0.15, 0.2) is 174 Å². The van der Waals surface area contributed by atoms with Crippen LogP contribution in [-0.4, -0.2) is 15.0 Å². The summed E-state index contributed by atoms with van der Waals surface area (Å²) in [6.07, 6.45) is 1.83. The molecule has 1 fully saturated rings. The van der Waals surface area contributed by atoms with Crippen LogP contribution < -0.4 is 0 Å². The number of hydrogen-bond donors (Lipinski definition) is 0. The molecule has 0 unspecified atom stereocenters. The highest BCUT2D eigenvalue weighted by atomic mass is 16.3. The zero-order valence-electron chi connectivity index (χ0n) is 32.1. The number of rotatable bonds is 7. The predicted octanol–water partition coefficient (Wildman–Crippen LogP) is 12.7. The van der Waals surface area contributed by atoms with Crippen LogP contribution in [0.25, 0.3) is 89.5 Å². The van der Waals surface area contributed by atoms with Crippen molar-refractivity contribution in [1.29, 1.82) is 0 Å². The molecule has 0 radical (unpaired) electrons. The minimum Gasteiger partial charge on any atom is -0.456 e. The van der Waals surface area contributed by atoms with E-state index in [0.29, 0.717) is 34.2 Å². The van der Waals surface area contributed by atoms with Crippen LogP contribution in [0.4, 0.5) is 0 Å². The maximum Gasteiger partial charge on any atom is 0.164 e. The van der Waals surface area contributed by atoms with Crippen molar-refractivity contribution in [2.45, 2.75) is 18.8 Å². The van der Waals surface area contributed by atoms with Gasteiger partial charge in [0.2, 0.25) is 0 Å². The lowest BCUT2D eigenvalue weighted by Crippen LogP contribution is -2.00. The van der Waals surface area contributed by atoms with Crippen molar-refractivity contribution in [2.75, 3.05) is 0 Å². The Bertz CT molecular complexity index is 2910. The van der Waals surface area contributed by atoms with Crippen LogP contribution in [0, 0.1) is 0 Å². The molecule has 4 nitrogen and oxygen atoms in total. The third kappa shape index (κ3) is 5.65. The summed E-state index contributed by atoms with van der Waals surface area (Å²) in [5.74, 6) is 1.82. The summed E-state index contributed by atoms with van der Waals surface area (Å²) in [6.45, 7) is 0. The summed E-state index contributed by atoms with van der Waals surface area (Å²) in [5.41, 5.74) is 9.74. The van der Waals surface area contributed by atoms with Gasteiger partial charge in [0.15, 0.2) is 17.5 Å². The van der Waals surface area contributed by atoms with Gasteiger partial charge in [-0.05, 0) is 75.9 Å². The first-order valence-corrected chi connectivity index (χ1v) is 17.6. The minimum atomic E-state index is 0.0144. The molecular weight excluding hydrogens is 635 g/mol. The smallest absolute Gasteiger partial charge is 0.164 e. The molecule has 0 N–H and O–H groups in total. The molecule has 246 valence electrons. The number of hydrogen-bond acceptors (Lipinski definition) is 4. The fourth-order valence-electron chi connectivity index (χ4n) is 6.85. The monoisotopic (exact) mass is 671 g/mol. The zero-order chi connectivity index (χ0) is 37.9. The van der Waals surface area contributed by atoms with Gasteiger partial charge in [-0.25, -0.2) is 15.0 Å². The average molecular weight is 672 g/mol. The van der Waals surface area contributed by atoms with Gasteiger partial charge in [-0.3, -0.25) is 0 Å². The molecule has 2 aromatic heterocycles. The van der Waals surface area contributed by atoms with Gasteiger partial charge in [0.25, 0.3) is 0 Å². The zero-order valence-corrected chi connectivity index (χ0v) is 28.1. The molecule has 10 rings (SSSR count). The Labute approximate surface area is 307 Å². The fraction of sp³-hybridized carbons (Fsp3) is 0.0625. The second-order valence-corrected chi connectivity index (χ2v) is 13.2. The van der Waals surface area contributed by atoms with E-state index in [9.17, 15) is 0 Å². The van der Waals surface area contributed by atoms with E-state index in [1.54, 1.807) is 0 Å². The molecule has 1 saturated carbocycles. The lowest BCUT2D eigenvalue weighted by atomic mass is 9.97. The Hall–Kier alpha value is -6.65. The Morgan fingerprint density at radius 2 is 0.962 bits per heavy atom. The Morgan fingerprint density at radius 3 is 1.62 bits per heavy atom. The summed E-state index contributed by atoms with van der Waals surface area (Å²) < 4.78 is 41.1. The Balaban J connectivity index is 1.07. The summed E-state index contributed by atoms with van der Waals surface area (Å²) in [4.78, 5) is 15.1. The molecule has 1 aliphatic carbocycles. The van der Waals surface area contributed by atoms with E-state index in [2.05, 4.69) is 42.5 Å². The van der Waals surface area contributed by atoms with Gasteiger partial charge in [-0.2, -0.15) is 0 Å². The average Bonchev–Trinajstić information content (AvgIpc) is 4.02. The van der Waals surface area contributed by atoms with Gasteiger partial charge in [0.1, 0.15) is 11.2 Å². The van der Waals surface area contributed by atoms with E-state index in [0.717, 1.165) is 73.7 Å². The van der Waals surface area contributed by atoms with E-state index in [1.807, 2.05) is 103 Å². The Kier molecular flexibility index (Phi) is 6.35. The summed E-state index contributed by atoms with van der Waals surface area (Å²) in [6, 6.07) is 48.4. The second kappa shape index (κ2) is 12.6. The molecule has 0 aliphatic heterocycles. The van der Waals surface area contributed by atoms with Gasteiger partial charge in [0, 0.05) is 27.5 Å². The quantitative estimate of drug-likeness (QED) is 0.169. The van der Waals surface area contributed by atoms with E-state index in [1.165, 1.54) is 0 Å². The van der Waals surface area contributed by atoms with Gasteiger partial charge < -0.3 is 4.42 Å². The van der Waals surface area contributed by atoms with Crippen molar-refractivity contribution < 1.29 is 9.90 Å². The molecule has 7 aromatic carbocycles. The summed E-state index contributed by atoms with van der Waals surface area (Å²) >= 11 is 0. The molecule has 1 aliphatic rings. The van der Waals surface area contributed by atoms with Crippen molar-refractivity contribution in [3.8, 4) is 67.5 Å². The highest BCUT2D eigenvalue weighted by Crippen LogP contribution is 2.41. The molecular formula is C48H33N3O. The standard InChI is InChI=1S/C48H33N3O/c1-3-8-31(9-4-1)32-24-26-39(27-25-32)47-49-46(38-10-5-2-6-11-38)50-48(51-47)41-12-7-13-44-45(41)42-30-40(28-29-43(42)52-44)37-22-20-36(21-23-37)35-18-16-34(17-19-35)33-14-15-33/h1-13,16-30,33H,14-15H2/i16D,17D,18D,19D. The van der Waals surface area contributed by atoms with Gasteiger partial charge >= 0.3 is 0 Å². The van der Waals surface area contributed by atoms with Crippen molar-refractivity contribution in [3.63, 3.8) is 0 Å². The van der Waals surface area contributed by atoms with E-state index < -0.39 is 0 Å². The molecule has 4 heteroatoms. The SMILES string of the molecule is [2H]c1c([2H])c(C2CC2)c([2H])c([2H])c1-c1ccc(-c2ccc3oc4cccc(-c5nc(-c6ccccc6)nc(-c6ccc(-c7ccccc7)cc6)n5)c4c3c2)cc1. The lowest BCUT2D eigenvalue weighted by Gasteiger charge is -2.10. The topological polar surface area (TPSA) is 51.8 Å². The van der Waals surface area contributed by atoms with Crippen LogP contribution in [0.5, 0.6) is 0 Å². The third-order valence-electron chi connectivity index (χ3n) is 9.79. The molecule has 0 saturated heterocycles. The van der Waals surface area contributed by atoms with E-state index in [4.69, 9.17) is 24.9 Å². The van der Waals surface area contributed by atoms with Crippen molar-refractivity contribution in [1.82, 2.24) is 15.0 Å². The van der Waals surface area contributed by atoms with Gasteiger partial charge in [0.05, 0.1) is 5.48 Å². The Morgan fingerprint density at radius 1 is 0.442 bits per heavy atom. The largest absolute Gasteiger partial charge is 0.456 e. The van der Waals surface area contributed by atoms with Gasteiger partial charge in [-0.15, -0.1) is 0 Å². The summed E-state index contributed by atoms with van der Waals surface area (Å²) in [5, 5.41) is 1.82. The summed E-state index contributed by atoms with van der Waals surface area (Å²) in [7, 11) is 0. The first-order valence-electron chi connectivity index (χ1n) is 19.6. The third-order valence-corrected chi connectivity index (χ3v) is 9.79. The number of furan rings is 1. The normalized spacial score (nSPS) is 13.8. The lowest BCUT2D eigenvalue weighted by molar-refractivity contribution is 0.669. The fourth-order valence-corrected chi connectivity index (χ4v) is 6.85. The van der Waals surface area contributed by atoms with Crippen LogP contribution in [0.2, 0.25) is 0 Å². The maximum atomic E-state index is 8.74. The molecule has 0 atom stereocenters. The molecule has 9 aromatic rings. The highest BCUT2D eigenvalue weighted by molar-refractivity contribution is 6.12. The molecule has 0 amide bonds. The number of nitrogens with zero attached hydrogens (tertiary/aromatic N) is 3. The first kappa shape index (κ1) is 26.2. The van der Waals surface area contributed by atoms with Crippen LogP contribution in [0.1, 0.15) is 29.8 Å². The van der Waals surface area contributed by atoms with E-state index in [-0.39, 0.29) is 30.1 Å². The molecule has 0 spiro atoms. The van der Waals surface area contributed by atoms with Gasteiger partial charge in [-0.1, -0.05) is 152 Å². The number of fused-ring (bicyclic) bond motifs is 3. The van der Waals surface area contributed by atoms with Crippen molar-refractivity contribution >= 4 is 21.9 Å².